The summed E-state index contributed by atoms with van der Waals surface area (Å²) in [5.41, 5.74) is -5.35. The van der Waals surface area contributed by atoms with Gasteiger partial charge in [0.1, 0.15) is 0 Å². The number of hydrogen-bond acceptors (Lipinski definition) is 4. The lowest BCUT2D eigenvalue weighted by atomic mass is 10.0. The first kappa shape index (κ1) is 17.2. The summed E-state index contributed by atoms with van der Waals surface area (Å²) in [7, 11) is 0. The van der Waals surface area contributed by atoms with Gasteiger partial charge in [-0.3, -0.25) is 9.59 Å². The van der Waals surface area contributed by atoms with Crippen LogP contribution in [0, 0.1) is 5.41 Å². The lowest BCUT2D eigenvalue weighted by molar-refractivity contribution is -0.166. The quantitative estimate of drug-likeness (QED) is 0.788. The van der Waals surface area contributed by atoms with Crippen LogP contribution in [-0.4, -0.2) is 35.6 Å². The molecule has 1 aromatic rings. The van der Waals surface area contributed by atoms with E-state index < -0.39 is 48.0 Å². The number of carbonyl (C=O) groups excluding carboxylic acids is 1. The van der Waals surface area contributed by atoms with Crippen LogP contribution in [0.5, 0.6) is 0 Å². The van der Waals surface area contributed by atoms with E-state index in [1.807, 2.05) is 0 Å². The second kappa shape index (κ2) is 4.96. The molecular formula is C14H10F5N3O3. The molecule has 2 N–H and O–H groups in total. The molecule has 1 amide bonds. The van der Waals surface area contributed by atoms with Gasteiger partial charge in [-0.15, -0.1) is 10.2 Å². The molecule has 1 atom stereocenters. The first-order chi connectivity index (χ1) is 11.5. The molecule has 1 heterocycles. The monoisotopic (exact) mass is 363 g/mol. The summed E-state index contributed by atoms with van der Waals surface area (Å²) in [6.45, 7) is -0.785. The van der Waals surface area contributed by atoms with Gasteiger partial charge in [-0.1, -0.05) is 12.1 Å². The van der Waals surface area contributed by atoms with E-state index in [1.54, 1.807) is 0 Å². The molecule has 0 radical (unpaired) electrons. The van der Waals surface area contributed by atoms with Crippen LogP contribution in [0.1, 0.15) is 22.3 Å². The molecule has 6 nitrogen and oxygen atoms in total. The number of rotatable bonds is 5. The molecule has 1 saturated carbocycles. The Kier molecular flexibility index (Phi) is 3.42. The number of halogens is 5. The van der Waals surface area contributed by atoms with Crippen molar-refractivity contribution in [1.82, 2.24) is 5.32 Å². The number of carboxylic acids is 1. The largest absolute Gasteiger partial charge is 0.481 e. The fraction of sp³-hybridized carbons (Fsp3) is 0.429. The van der Waals surface area contributed by atoms with Gasteiger partial charge in [0.25, 0.3) is 11.8 Å². The zero-order valence-electron chi connectivity index (χ0n) is 12.3. The van der Waals surface area contributed by atoms with Crippen LogP contribution in [0.3, 0.4) is 0 Å². The van der Waals surface area contributed by atoms with E-state index in [9.17, 15) is 31.5 Å². The summed E-state index contributed by atoms with van der Waals surface area (Å²) in [4.78, 5) is 22.9. The number of benzene rings is 1. The van der Waals surface area contributed by atoms with Gasteiger partial charge in [-0.2, -0.15) is 13.2 Å². The molecule has 0 aromatic heterocycles. The number of alkyl halides is 5. The minimum atomic E-state index is -4.71. The smallest absolute Gasteiger partial charge is 0.442 e. The van der Waals surface area contributed by atoms with Crippen molar-refractivity contribution < 1.29 is 36.6 Å². The maximum Gasteiger partial charge on any atom is 0.442 e. The van der Waals surface area contributed by atoms with E-state index >= 15 is 0 Å². The molecule has 0 saturated heterocycles. The molecule has 11 heteroatoms. The zero-order chi connectivity index (χ0) is 18.7. The van der Waals surface area contributed by atoms with E-state index in [-0.39, 0.29) is 11.1 Å². The molecule has 1 fully saturated rings. The molecule has 1 unspecified atom stereocenters. The van der Waals surface area contributed by atoms with Crippen molar-refractivity contribution in [3.8, 4) is 0 Å². The SMILES string of the molecule is O=C(NCC1(C(=O)O)CC1(F)F)c1ccc(C2(C(F)(F)F)N=N2)cc1. The van der Waals surface area contributed by atoms with Gasteiger partial charge in [-0.25, -0.2) is 8.78 Å². The van der Waals surface area contributed by atoms with Crippen molar-refractivity contribution in [3.05, 3.63) is 35.4 Å². The van der Waals surface area contributed by atoms with Gasteiger partial charge in [0, 0.05) is 24.1 Å². The van der Waals surface area contributed by atoms with Crippen molar-refractivity contribution in [2.75, 3.05) is 6.54 Å². The van der Waals surface area contributed by atoms with Gasteiger partial charge >= 0.3 is 17.8 Å². The van der Waals surface area contributed by atoms with Crippen LogP contribution < -0.4 is 5.32 Å². The first-order valence-corrected chi connectivity index (χ1v) is 6.96. The van der Waals surface area contributed by atoms with Crippen LogP contribution in [0.4, 0.5) is 22.0 Å². The highest BCUT2D eigenvalue weighted by Gasteiger charge is 2.76. The van der Waals surface area contributed by atoms with Crippen molar-refractivity contribution >= 4 is 11.9 Å². The van der Waals surface area contributed by atoms with E-state index in [1.165, 1.54) is 0 Å². The van der Waals surface area contributed by atoms with E-state index in [0.29, 0.717) is 0 Å². The van der Waals surface area contributed by atoms with Crippen LogP contribution >= 0.6 is 0 Å². The number of carbonyl (C=O) groups is 2. The zero-order valence-corrected chi connectivity index (χ0v) is 12.3. The first-order valence-electron chi connectivity index (χ1n) is 6.96. The topological polar surface area (TPSA) is 91.1 Å². The van der Waals surface area contributed by atoms with Crippen molar-refractivity contribution in [2.45, 2.75) is 24.2 Å². The van der Waals surface area contributed by atoms with Gasteiger partial charge in [0.05, 0.1) is 0 Å². The average Bonchev–Trinajstić information content (AvgIpc) is 3.40. The van der Waals surface area contributed by atoms with E-state index in [0.717, 1.165) is 24.3 Å². The Morgan fingerprint density at radius 2 is 1.68 bits per heavy atom. The van der Waals surface area contributed by atoms with Crippen LogP contribution in [0.15, 0.2) is 34.5 Å². The van der Waals surface area contributed by atoms with Gasteiger partial charge < -0.3 is 10.4 Å². The molecular weight excluding hydrogens is 353 g/mol. The molecule has 1 aromatic carbocycles. The molecule has 0 bridgehead atoms. The number of amides is 1. The third-order valence-corrected chi connectivity index (χ3v) is 4.30. The van der Waals surface area contributed by atoms with Crippen molar-refractivity contribution in [2.24, 2.45) is 15.6 Å². The minimum absolute atomic E-state index is 0.105. The van der Waals surface area contributed by atoms with Gasteiger partial charge in [0.2, 0.25) is 0 Å². The van der Waals surface area contributed by atoms with E-state index in [2.05, 4.69) is 15.5 Å². The van der Waals surface area contributed by atoms with Crippen LogP contribution in [0.2, 0.25) is 0 Å². The fourth-order valence-electron chi connectivity index (χ4n) is 2.46. The summed E-state index contributed by atoms with van der Waals surface area (Å²) >= 11 is 0. The molecule has 134 valence electrons. The maximum absolute atomic E-state index is 13.2. The number of aliphatic carboxylic acids is 1. The minimum Gasteiger partial charge on any atom is -0.481 e. The summed E-state index contributed by atoms with van der Waals surface area (Å²) in [6.07, 6.45) is -5.59. The lowest BCUT2D eigenvalue weighted by Crippen LogP contribution is -2.37. The summed E-state index contributed by atoms with van der Waals surface area (Å²) in [5.74, 6) is -6.01. The Labute approximate surface area is 136 Å². The molecule has 0 spiro atoms. The Morgan fingerprint density at radius 3 is 2.04 bits per heavy atom. The number of hydrogen-bond donors (Lipinski definition) is 2. The van der Waals surface area contributed by atoms with Gasteiger partial charge in [0.15, 0.2) is 5.41 Å². The summed E-state index contributed by atoms with van der Waals surface area (Å²) in [6, 6.07) is 4.11. The second-order valence-electron chi connectivity index (χ2n) is 5.90. The third-order valence-electron chi connectivity index (χ3n) is 4.30. The highest BCUT2D eigenvalue weighted by atomic mass is 19.4. The fourth-order valence-corrected chi connectivity index (χ4v) is 2.46. The predicted octanol–water partition coefficient (Wildman–Crippen LogP) is 2.71. The molecule has 3 rings (SSSR count). The van der Waals surface area contributed by atoms with Crippen molar-refractivity contribution in [1.29, 1.82) is 0 Å². The molecule has 25 heavy (non-hydrogen) atoms. The van der Waals surface area contributed by atoms with Gasteiger partial charge in [-0.05, 0) is 12.1 Å². The maximum atomic E-state index is 13.2. The highest BCUT2D eigenvalue weighted by molar-refractivity contribution is 5.95. The highest BCUT2D eigenvalue weighted by Crippen LogP contribution is 2.60. The standard InChI is InChI=1S/C14H10F5N3O3/c15-12(16)5-11(12,10(24)25)6-20-9(23)7-1-3-8(4-2-7)13(21-22-13)14(17,18)19/h1-4H,5-6H2,(H,20,23)(H,24,25). The third kappa shape index (κ3) is 2.53. The second-order valence-corrected chi connectivity index (χ2v) is 5.90. The van der Waals surface area contributed by atoms with Crippen molar-refractivity contribution in [3.63, 3.8) is 0 Å². The summed E-state index contributed by atoms with van der Waals surface area (Å²) in [5, 5.41) is 17.0. The molecule has 2 aliphatic rings. The van der Waals surface area contributed by atoms with E-state index in [4.69, 9.17) is 5.11 Å². The average molecular weight is 363 g/mol. The Balaban J connectivity index is 1.68. The number of carboxylic acid groups (broad SMARTS) is 1. The van der Waals surface area contributed by atoms with Crippen LogP contribution in [0.25, 0.3) is 0 Å². The predicted molar refractivity (Wildman–Crippen MR) is 71.0 cm³/mol. The Morgan fingerprint density at radius 1 is 1.16 bits per heavy atom. The molecule has 1 aliphatic heterocycles. The summed E-state index contributed by atoms with van der Waals surface area (Å²) < 4.78 is 65.0. The lowest BCUT2D eigenvalue weighted by Gasteiger charge is -2.15. The number of nitrogens with one attached hydrogen (secondary N) is 1. The Hall–Kier alpha value is -2.59. The molecule has 1 aliphatic carbocycles. The van der Waals surface area contributed by atoms with Crippen LogP contribution in [-0.2, 0) is 10.5 Å². The normalized spacial score (nSPS) is 25.3. The number of nitrogens with zero attached hydrogens (tertiary/aromatic N) is 2. The Bertz CT molecular complexity index is 769.